The van der Waals surface area contributed by atoms with Gasteiger partial charge in [-0.25, -0.2) is 18.7 Å². The quantitative estimate of drug-likeness (QED) is 0.437. The van der Waals surface area contributed by atoms with Crippen molar-refractivity contribution in [1.82, 2.24) is 14.9 Å². The van der Waals surface area contributed by atoms with E-state index in [1.807, 2.05) is 6.07 Å². The summed E-state index contributed by atoms with van der Waals surface area (Å²) in [5, 5.41) is 3.65. The van der Waals surface area contributed by atoms with E-state index in [1.165, 1.54) is 29.5 Å². The van der Waals surface area contributed by atoms with Gasteiger partial charge in [-0.3, -0.25) is 0 Å². The highest BCUT2D eigenvalue weighted by Gasteiger charge is 2.17. The highest BCUT2D eigenvalue weighted by Crippen LogP contribution is 2.35. The van der Waals surface area contributed by atoms with Gasteiger partial charge in [0.25, 0.3) is 0 Å². The molecular formula is C25H23F2N5. The summed E-state index contributed by atoms with van der Waals surface area (Å²) in [6, 6.07) is 12.1. The molecule has 162 valence electrons. The molecule has 0 aliphatic carbocycles. The van der Waals surface area contributed by atoms with E-state index in [9.17, 15) is 4.39 Å². The number of nitrogen functional groups attached to an aromatic ring is 1. The molecule has 3 N–H and O–H groups in total. The van der Waals surface area contributed by atoms with Crippen LogP contribution in [0, 0.1) is 18.6 Å². The van der Waals surface area contributed by atoms with E-state index < -0.39 is 11.6 Å². The van der Waals surface area contributed by atoms with Crippen molar-refractivity contribution in [3.05, 3.63) is 77.0 Å². The fraction of sp³-hybridized carbons (Fsp3) is 0.200. The summed E-state index contributed by atoms with van der Waals surface area (Å²) in [6.45, 7) is 3.75. The minimum absolute atomic E-state index is 0.0514. The average Bonchev–Trinajstić information content (AvgIpc) is 2.77. The standard InChI is InChI=1S/C25H23F2N5/c1-14-3-5-17(26)10-19(14)20-11-22-21(24(28)23(20)27)12-29-25(31-22)30-18-6-4-15-7-8-32(2)13-16(15)9-18/h3-6,9-12H,7-8,13,28H2,1-2H3,(H,29,30,31). The zero-order chi connectivity index (χ0) is 22.4. The zero-order valence-electron chi connectivity index (χ0n) is 17.9. The van der Waals surface area contributed by atoms with Gasteiger partial charge in [-0.2, -0.15) is 0 Å². The first-order chi connectivity index (χ1) is 15.4. The van der Waals surface area contributed by atoms with Crippen LogP contribution < -0.4 is 11.1 Å². The second kappa shape index (κ2) is 7.84. The van der Waals surface area contributed by atoms with E-state index in [0.29, 0.717) is 22.4 Å². The van der Waals surface area contributed by atoms with Crippen LogP contribution in [0.3, 0.4) is 0 Å². The lowest BCUT2D eigenvalue weighted by Crippen LogP contribution is -2.26. The molecule has 0 atom stereocenters. The van der Waals surface area contributed by atoms with Crippen LogP contribution in [0.4, 0.5) is 26.1 Å². The molecule has 0 saturated heterocycles. The lowest BCUT2D eigenvalue weighted by Gasteiger charge is -2.25. The van der Waals surface area contributed by atoms with Crippen LogP contribution in [0.5, 0.6) is 0 Å². The first-order valence-corrected chi connectivity index (χ1v) is 10.5. The molecule has 0 bridgehead atoms. The lowest BCUT2D eigenvalue weighted by molar-refractivity contribution is 0.313. The second-order valence-electron chi connectivity index (χ2n) is 8.33. The molecular weight excluding hydrogens is 408 g/mol. The lowest BCUT2D eigenvalue weighted by atomic mass is 9.98. The van der Waals surface area contributed by atoms with Gasteiger partial charge in [-0.05, 0) is 73.0 Å². The summed E-state index contributed by atoms with van der Waals surface area (Å²) in [7, 11) is 2.11. The normalized spacial score (nSPS) is 13.9. The van der Waals surface area contributed by atoms with E-state index in [0.717, 1.165) is 30.8 Å². The summed E-state index contributed by atoms with van der Waals surface area (Å²) in [6.07, 6.45) is 2.54. The molecule has 0 saturated carbocycles. The highest BCUT2D eigenvalue weighted by molar-refractivity contribution is 5.95. The number of rotatable bonds is 3. The van der Waals surface area contributed by atoms with Gasteiger partial charge in [-0.15, -0.1) is 0 Å². The first-order valence-electron chi connectivity index (χ1n) is 10.5. The Morgan fingerprint density at radius 1 is 1.03 bits per heavy atom. The summed E-state index contributed by atoms with van der Waals surface area (Å²) in [5.41, 5.74) is 11.4. The van der Waals surface area contributed by atoms with Gasteiger partial charge in [0.05, 0.1) is 11.2 Å². The molecule has 2 heterocycles. The number of nitrogens with zero attached hydrogens (tertiary/aromatic N) is 3. The Morgan fingerprint density at radius 2 is 1.88 bits per heavy atom. The second-order valence-corrected chi connectivity index (χ2v) is 8.33. The molecule has 5 nitrogen and oxygen atoms in total. The molecule has 0 unspecified atom stereocenters. The Balaban J connectivity index is 1.54. The van der Waals surface area contributed by atoms with E-state index in [1.54, 1.807) is 19.1 Å². The van der Waals surface area contributed by atoms with Crippen molar-refractivity contribution >= 4 is 28.2 Å². The van der Waals surface area contributed by atoms with Crippen molar-refractivity contribution in [2.45, 2.75) is 19.9 Å². The predicted octanol–water partition coefficient (Wildman–Crippen LogP) is 5.20. The number of anilines is 3. The van der Waals surface area contributed by atoms with Crippen LogP contribution in [0.2, 0.25) is 0 Å². The van der Waals surface area contributed by atoms with Gasteiger partial charge < -0.3 is 16.0 Å². The minimum atomic E-state index is -0.602. The van der Waals surface area contributed by atoms with Gasteiger partial charge in [0.2, 0.25) is 5.95 Å². The maximum Gasteiger partial charge on any atom is 0.227 e. The topological polar surface area (TPSA) is 67.1 Å². The Morgan fingerprint density at radius 3 is 2.72 bits per heavy atom. The molecule has 0 fully saturated rings. The number of hydrogen-bond donors (Lipinski definition) is 2. The number of nitrogens with one attached hydrogen (secondary N) is 1. The summed E-state index contributed by atoms with van der Waals surface area (Å²) >= 11 is 0. The largest absolute Gasteiger partial charge is 0.396 e. The SMILES string of the molecule is Cc1ccc(F)cc1-c1cc2nc(Nc3ccc4c(c3)CN(C)CC4)ncc2c(N)c1F. The molecule has 32 heavy (non-hydrogen) atoms. The fourth-order valence-electron chi connectivity index (χ4n) is 4.22. The van der Waals surface area contributed by atoms with Gasteiger partial charge in [0.15, 0.2) is 5.82 Å². The van der Waals surface area contributed by atoms with Crippen molar-refractivity contribution in [2.24, 2.45) is 0 Å². The van der Waals surface area contributed by atoms with E-state index >= 15 is 4.39 Å². The minimum Gasteiger partial charge on any atom is -0.396 e. The van der Waals surface area contributed by atoms with Crippen LogP contribution in [-0.4, -0.2) is 28.5 Å². The van der Waals surface area contributed by atoms with Crippen molar-refractivity contribution in [1.29, 1.82) is 0 Å². The van der Waals surface area contributed by atoms with Crippen LogP contribution >= 0.6 is 0 Å². The number of aromatic nitrogens is 2. The van der Waals surface area contributed by atoms with Gasteiger partial charge in [-0.1, -0.05) is 12.1 Å². The van der Waals surface area contributed by atoms with Crippen LogP contribution in [0.1, 0.15) is 16.7 Å². The number of aryl methyl sites for hydroxylation is 1. The van der Waals surface area contributed by atoms with E-state index in [4.69, 9.17) is 5.73 Å². The zero-order valence-corrected chi connectivity index (χ0v) is 17.9. The Labute approximate surface area is 184 Å². The Hall–Kier alpha value is -3.58. The molecule has 0 amide bonds. The fourth-order valence-corrected chi connectivity index (χ4v) is 4.22. The number of halogens is 2. The molecule has 3 aromatic carbocycles. The number of hydrogen-bond acceptors (Lipinski definition) is 5. The smallest absolute Gasteiger partial charge is 0.227 e. The number of likely N-dealkylation sites (N-methyl/N-ethyl adjacent to an activating group) is 1. The molecule has 0 spiro atoms. The molecule has 5 rings (SSSR count). The van der Waals surface area contributed by atoms with Gasteiger partial charge in [0.1, 0.15) is 5.82 Å². The first kappa shape index (κ1) is 20.3. The highest BCUT2D eigenvalue weighted by atomic mass is 19.1. The van der Waals surface area contributed by atoms with Crippen LogP contribution in [0.15, 0.2) is 48.7 Å². The molecule has 1 aromatic heterocycles. The third-order valence-electron chi connectivity index (χ3n) is 6.02. The number of fused-ring (bicyclic) bond motifs is 2. The van der Waals surface area contributed by atoms with Crippen molar-refractivity contribution in [3.63, 3.8) is 0 Å². The van der Waals surface area contributed by atoms with Crippen molar-refractivity contribution in [2.75, 3.05) is 24.6 Å². The average molecular weight is 431 g/mol. The van der Waals surface area contributed by atoms with E-state index in [-0.39, 0.29) is 11.3 Å². The Bertz CT molecular complexity index is 1350. The summed E-state index contributed by atoms with van der Waals surface area (Å²) < 4.78 is 28.9. The molecule has 0 radical (unpaired) electrons. The molecule has 1 aliphatic heterocycles. The molecule has 1 aliphatic rings. The third-order valence-corrected chi connectivity index (χ3v) is 6.02. The van der Waals surface area contributed by atoms with E-state index in [2.05, 4.69) is 39.4 Å². The summed E-state index contributed by atoms with van der Waals surface area (Å²) in [5.74, 6) is -0.657. The van der Waals surface area contributed by atoms with Crippen LogP contribution in [0.25, 0.3) is 22.0 Å². The summed E-state index contributed by atoms with van der Waals surface area (Å²) in [4.78, 5) is 11.2. The van der Waals surface area contributed by atoms with Gasteiger partial charge in [0, 0.05) is 35.9 Å². The monoisotopic (exact) mass is 431 g/mol. The maximum atomic E-state index is 15.0. The molecule has 7 heteroatoms. The number of nitrogens with two attached hydrogens (primary N) is 1. The predicted molar refractivity (Wildman–Crippen MR) is 124 cm³/mol. The van der Waals surface area contributed by atoms with Crippen molar-refractivity contribution < 1.29 is 8.78 Å². The van der Waals surface area contributed by atoms with Crippen molar-refractivity contribution in [3.8, 4) is 11.1 Å². The van der Waals surface area contributed by atoms with Gasteiger partial charge >= 0.3 is 0 Å². The van der Waals surface area contributed by atoms with Crippen LogP contribution in [-0.2, 0) is 13.0 Å². The third kappa shape index (κ3) is 3.65. The number of benzene rings is 3. The maximum absolute atomic E-state index is 15.0. The molecule has 4 aromatic rings. The Kier molecular flexibility index (Phi) is 4.98.